The molecule has 1 aliphatic heterocycles. The van der Waals surface area contributed by atoms with Crippen LogP contribution < -0.4 is 10.6 Å². The summed E-state index contributed by atoms with van der Waals surface area (Å²) in [6.45, 7) is 11.0. The fourth-order valence-corrected chi connectivity index (χ4v) is 4.03. The summed E-state index contributed by atoms with van der Waals surface area (Å²) in [5.74, 6) is 7.67. The summed E-state index contributed by atoms with van der Waals surface area (Å²) in [5, 5.41) is 8.64. The van der Waals surface area contributed by atoms with Crippen LogP contribution in [0.1, 0.15) is 20.8 Å². The second kappa shape index (κ2) is 9.29. The van der Waals surface area contributed by atoms with Crippen molar-refractivity contribution in [2.45, 2.75) is 31.2 Å². The van der Waals surface area contributed by atoms with E-state index < -0.39 is 0 Å². The molecule has 1 unspecified atom stereocenters. The molecule has 1 fully saturated rings. The molecular formula is C19H28N6O2S. The summed E-state index contributed by atoms with van der Waals surface area (Å²) < 4.78 is 6.90. The van der Waals surface area contributed by atoms with Crippen LogP contribution in [0.3, 0.4) is 0 Å². The van der Waals surface area contributed by atoms with Gasteiger partial charge in [-0.3, -0.25) is 4.79 Å². The van der Waals surface area contributed by atoms with Crippen LogP contribution in [0.4, 0.5) is 0 Å². The molecule has 0 aliphatic carbocycles. The molecule has 9 heteroatoms. The van der Waals surface area contributed by atoms with Crippen molar-refractivity contribution in [2.24, 2.45) is 0 Å². The van der Waals surface area contributed by atoms with Gasteiger partial charge in [-0.2, -0.15) is 0 Å². The first-order valence-electron chi connectivity index (χ1n) is 9.65. The molecule has 2 aromatic rings. The molecule has 152 valence electrons. The number of carbonyl (C=O) groups is 1. The van der Waals surface area contributed by atoms with Gasteiger partial charge in [0.15, 0.2) is 5.82 Å². The number of nitrogens with zero attached hydrogens (tertiary/aromatic N) is 5. The highest BCUT2D eigenvalue weighted by Crippen LogP contribution is 2.27. The Morgan fingerprint density at radius 1 is 1.18 bits per heavy atom. The first-order valence-corrected chi connectivity index (χ1v) is 10.5. The molecule has 1 saturated heterocycles. The van der Waals surface area contributed by atoms with Crippen LogP contribution in [-0.2, 0) is 4.79 Å². The van der Waals surface area contributed by atoms with E-state index in [2.05, 4.69) is 22.0 Å². The lowest BCUT2D eigenvalue weighted by molar-refractivity contribution is -0.132. The van der Waals surface area contributed by atoms with Crippen LogP contribution in [0.2, 0.25) is 0 Å². The Morgan fingerprint density at radius 3 is 2.46 bits per heavy atom. The van der Waals surface area contributed by atoms with Crippen molar-refractivity contribution >= 4 is 17.7 Å². The van der Waals surface area contributed by atoms with Gasteiger partial charge in [-0.25, -0.2) is 4.68 Å². The summed E-state index contributed by atoms with van der Waals surface area (Å²) in [5.41, 5.74) is 0.847. The van der Waals surface area contributed by atoms with Gasteiger partial charge in [0.2, 0.25) is 11.1 Å². The molecule has 1 aliphatic rings. The van der Waals surface area contributed by atoms with E-state index in [0.717, 1.165) is 44.0 Å². The van der Waals surface area contributed by atoms with E-state index in [0.29, 0.717) is 17.6 Å². The average Bonchev–Trinajstić information content (AvgIpc) is 3.08. The standard InChI is InChI=1S/C19H28N6O2S/c1-4-23-10-12-24(13-11-23)18(26)14(3)28-19-22-21-17(25(19)20)15-6-8-16(9-7-15)27-5-2/h6-9,14H,4-5,10-13,20H2,1-3H3. The number of nitrogens with two attached hydrogens (primary N) is 1. The molecule has 1 aromatic carbocycles. The molecule has 8 nitrogen and oxygen atoms in total. The Kier molecular flexibility index (Phi) is 6.79. The van der Waals surface area contributed by atoms with Gasteiger partial charge in [0.1, 0.15) is 5.75 Å². The number of nitrogen functional groups attached to an aromatic ring is 1. The first kappa shape index (κ1) is 20.5. The minimum atomic E-state index is -0.271. The molecule has 1 atom stereocenters. The molecule has 0 spiro atoms. The van der Waals surface area contributed by atoms with Crippen LogP contribution in [0.5, 0.6) is 5.75 Å². The monoisotopic (exact) mass is 404 g/mol. The van der Waals surface area contributed by atoms with Crippen molar-refractivity contribution in [3.8, 4) is 17.1 Å². The highest BCUT2D eigenvalue weighted by Gasteiger charge is 2.26. The quantitative estimate of drug-likeness (QED) is 0.555. The smallest absolute Gasteiger partial charge is 0.235 e. The Morgan fingerprint density at radius 2 is 1.86 bits per heavy atom. The van der Waals surface area contributed by atoms with Crippen molar-refractivity contribution in [3.05, 3.63) is 24.3 Å². The normalized spacial score (nSPS) is 16.2. The van der Waals surface area contributed by atoms with Gasteiger partial charge in [-0.1, -0.05) is 18.7 Å². The number of hydrogen-bond acceptors (Lipinski definition) is 7. The number of piperazine rings is 1. The van der Waals surface area contributed by atoms with Crippen LogP contribution in [-0.4, -0.2) is 75.2 Å². The van der Waals surface area contributed by atoms with Crippen molar-refractivity contribution < 1.29 is 9.53 Å². The largest absolute Gasteiger partial charge is 0.494 e. The summed E-state index contributed by atoms with van der Waals surface area (Å²) in [6.07, 6.45) is 0. The maximum absolute atomic E-state index is 12.8. The van der Waals surface area contributed by atoms with Gasteiger partial charge in [-0.15, -0.1) is 10.2 Å². The van der Waals surface area contributed by atoms with E-state index in [1.807, 2.05) is 43.0 Å². The van der Waals surface area contributed by atoms with Crippen LogP contribution in [0.25, 0.3) is 11.4 Å². The van der Waals surface area contributed by atoms with Crippen LogP contribution in [0, 0.1) is 0 Å². The number of benzene rings is 1. The molecule has 0 saturated carbocycles. The molecule has 0 bridgehead atoms. The molecule has 2 heterocycles. The van der Waals surface area contributed by atoms with Crippen molar-refractivity contribution in [1.29, 1.82) is 0 Å². The van der Waals surface area contributed by atoms with E-state index in [4.69, 9.17) is 10.6 Å². The molecule has 0 radical (unpaired) electrons. The maximum Gasteiger partial charge on any atom is 0.235 e. The Labute approximate surface area is 170 Å². The van der Waals surface area contributed by atoms with Gasteiger partial charge >= 0.3 is 0 Å². The van der Waals surface area contributed by atoms with Gasteiger partial charge < -0.3 is 20.4 Å². The average molecular weight is 405 g/mol. The minimum absolute atomic E-state index is 0.117. The second-order valence-corrected chi connectivity index (χ2v) is 7.96. The molecule has 28 heavy (non-hydrogen) atoms. The Balaban J connectivity index is 1.64. The van der Waals surface area contributed by atoms with E-state index in [1.54, 1.807) is 0 Å². The summed E-state index contributed by atoms with van der Waals surface area (Å²) in [4.78, 5) is 17.0. The zero-order valence-electron chi connectivity index (χ0n) is 16.7. The van der Waals surface area contributed by atoms with Crippen molar-refractivity contribution in [2.75, 3.05) is 45.2 Å². The zero-order valence-corrected chi connectivity index (χ0v) is 17.5. The predicted octanol–water partition coefficient (Wildman–Crippen LogP) is 1.70. The lowest BCUT2D eigenvalue weighted by Crippen LogP contribution is -2.50. The number of thioether (sulfide) groups is 1. The molecule has 3 rings (SSSR count). The highest BCUT2D eigenvalue weighted by atomic mass is 32.2. The third kappa shape index (κ3) is 4.59. The molecule has 1 aromatic heterocycles. The van der Waals surface area contributed by atoms with E-state index >= 15 is 0 Å². The Hall–Kier alpha value is -2.26. The second-order valence-electron chi connectivity index (χ2n) is 6.65. The van der Waals surface area contributed by atoms with Gasteiger partial charge in [0.05, 0.1) is 11.9 Å². The topological polar surface area (TPSA) is 89.5 Å². The van der Waals surface area contributed by atoms with Gasteiger partial charge in [-0.05, 0) is 44.7 Å². The first-order chi connectivity index (χ1) is 13.5. The number of ether oxygens (including phenoxy) is 1. The maximum atomic E-state index is 12.8. The number of likely N-dealkylation sites (N-methyl/N-ethyl adjacent to an activating group) is 1. The lowest BCUT2D eigenvalue weighted by Gasteiger charge is -2.35. The number of aromatic nitrogens is 3. The fourth-order valence-electron chi connectivity index (χ4n) is 3.17. The van der Waals surface area contributed by atoms with Gasteiger partial charge in [0.25, 0.3) is 0 Å². The van der Waals surface area contributed by atoms with Crippen LogP contribution >= 0.6 is 11.8 Å². The Bertz CT molecular complexity index is 786. The minimum Gasteiger partial charge on any atom is -0.494 e. The summed E-state index contributed by atoms with van der Waals surface area (Å²) in [6, 6.07) is 7.55. The fraction of sp³-hybridized carbons (Fsp3) is 0.526. The number of hydrogen-bond donors (Lipinski definition) is 1. The van der Waals surface area contributed by atoms with E-state index in [1.165, 1.54) is 16.4 Å². The number of carbonyl (C=O) groups excluding carboxylic acids is 1. The number of rotatable bonds is 7. The molecule has 1 amide bonds. The SMILES string of the molecule is CCOc1ccc(-c2nnc(SC(C)C(=O)N3CCN(CC)CC3)n2N)cc1. The molecule has 2 N–H and O–H groups in total. The van der Waals surface area contributed by atoms with Crippen molar-refractivity contribution in [1.82, 2.24) is 24.7 Å². The van der Waals surface area contributed by atoms with Crippen molar-refractivity contribution in [3.63, 3.8) is 0 Å². The predicted molar refractivity (Wildman–Crippen MR) is 111 cm³/mol. The van der Waals surface area contributed by atoms with E-state index in [9.17, 15) is 4.79 Å². The van der Waals surface area contributed by atoms with Crippen LogP contribution in [0.15, 0.2) is 29.4 Å². The third-order valence-corrected chi connectivity index (χ3v) is 5.89. The zero-order chi connectivity index (χ0) is 20.1. The molecular weight excluding hydrogens is 376 g/mol. The van der Waals surface area contributed by atoms with Gasteiger partial charge in [0, 0.05) is 31.7 Å². The van der Waals surface area contributed by atoms with E-state index in [-0.39, 0.29) is 11.2 Å². The lowest BCUT2D eigenvalue weighted by atomic mass is 10.2. The highest BCUT2D eigenvalue weighted by molar-refractivity contribution is 8.00. The summed E-state index contributed by atoms with van der Waals surface area (Å²) >= 11 is 1.34. The summed E-state index contributed by atoms with van der Waals surface area (Å²) in [7, 11) is 0. The number of amides is 1. The third-order valence-electron chi connectivity index (χ3n) is 4.85.